The van der Waals surface area contributed by atoms with E-state index in [0.29, 0.717) is 0 Å². The summed E-state index contributed by atoms with van der Waals surface area (Å²) in [5, 5.41) is 2.70. The summed E-state index contributed by atoms with van der Waals surface area (Å²) in [6.45, 7) is 0. The molecule has 0 nitrogen and oxygen atoms in total. The van der Waals surface area contributed by atoms with Crippen LogP contribution in [0.3, 0.4) is 0 Å². The van der Waals surface area contributed by atoms with Gasteiger partial charge in [-0.05, 0) is 41.5 Å². The third-order valence-electron chi connectivity index (χ3n) is 3.53. The van der Waals surface area contributed by atoms with E-state index in [2.05, 4.69) is 82.7 Å². The molecule has 0 fully saturated rings. The second-order valence-electron chi connectivity index (χ2n) is 4.82. The molecular formula is C18H11BrS. The van der Waals surface area contributed by atoms with Gasteiger partial charge in [-0.15, -0.1) is 11.3 Å². The normalized spacial score (nSPS) is 11.2. The zero-order valence-corrected chi connectivity index (χ0v) is 13.0. The van der Waals surface area contributed by atoms with Crippen LogP contribution in [0.4, 0.5) is 0 Å². The zero-order valence-electron chi connectivity index (χ0n) is 10.6. The summed E-state index contributed by atoms with van der Waals surface area (Å²) in [5.74, 6) is 0. The predicted octanol–water partition coefficient (Wildman–Crippen LogP) is 6.48. The van der Waals surface area contributed by atoms with Crippen LogP contribution in [0.5, 0.6) is 0 Å². The average Bonchev–Trinajstić information content (AvgIpc) is 2.85. The fourth-order valence-corrected chi connectivity index (χ4v) is 4.06. The van der Waals surface area contributed by atoms with Crippen LogP contribution < -0.4 is 0 Å². The Morgan fingerprint density at radius 3 is 2.35 bits per heavy atom. The van der Waals surface area contributed by atoms with Gasteiger partial charge in [-0.2, -0.15) is 0 Å². The molecule has 0 atom stereocenters. The van der Waals surface area contributed by atoms with Crippen LogP contribution in [-0.2, 0) is 0 Å². The average molecular weight is 339 g/mol. The molecule has 0 saturated heterocycles. The van der Waals surface area contributed by atoms with Crippen LogP contribution in [0, 0.1) is 0 Å². The van der Waals surface area contributed by atoms with Gasteiger partial charge in [0.05, 0.1) is 0 Å². The van der Waals surface area contributed by atoms with Crippen molar-refractivity contribution in [3.05, 3.63) is 71.2 Å². The summed E-state index contributed by atoms with van der Waals surface area (Å²) >= 11 is 5.40. The zero-order chi connectivity index (χ0) is 13.5. The number of halogens is 1. The van der Waals surface area contributed by atoms with Gasteiger partial charge < -0.3 is 0 Å². The Hall–Kier alpha value is -1.64. The van der Waals surface area contributed by atoms with Gasteiger partial charge in [0.1, 0.15) is 0 Å². The number of hydrogen-bond acceptors (Lipinski definition) is 1. The minimum absolute atomic E-state index is 1.12. The molecule has 0 aliphatic heterocycles. The van der Waals surface area contributed by atoms with Crippen molar-refractivity contribution in [3.8, 4) is 11.1 Å². The molecular weight excluding hydrogens is 328 g/mol. The minimum Gasteiger partial charge on any atom is -0.135 e. The molecule has 0 N–H and O–H groups in total. The fraction of sp³-hybridized carbons (Fsp3) is 0. The maximum absolute atomic E-state index is 3.54. The summed E-state index contributed by atoms with van der Waals surface area (Å²) in [5.41, 5.74) is 2.51. The monoisotopic (exact) mass is 338 g/mol. The van der Waals surface area contributed by atoms with Gasteiger partial charge in [-0.25, -0.2) is 0 Å². The SMILES string of the molecule is Brc1cccc(-c2ccc3sc4ccccc4c3c2)c1. The van der Waals surface area contributed by atoms with E-state index in [1.807, 2.05) is 11.3 Å². The molecule has 0 radical (unpaired) electrons. The van der Waals surface area contributed by atoms with Gasteiger partial charge in [0.15, 0.2) is 0 Å². The molecule has 3 aromatic carbocycles. The Morgan fingerprint density at radius 2 is 1.45 bits per heavy atom. The molecule has 0 aliphatic rings. The quantitative estimate of drug-likeness (QED) is 0.372. The van der Waals surface area contributed by atoms with E-state index in [4.69, 9.17) is 0 Å². The van der Waals surface area contributed by atoms with E-state index in [0.717, 1.165) is 4.47 Å². The molecule has 0 aliphatic carbocycles. The van der Waals surface area contributed by atoms with Crippen LogP contribution in [0.25, 0.3) is 31.3 Å². The lowest BCUT2D eigenvalue weighted by molar-refractivity contribution is 1.62. The summed E-state index contributed by atoms with van der Waals surface area (Å²) in [4.78, 5) is 0. The third-order valence-corrected chi connectivity index (χ3v) is 5.18. The van der Waals surface area contributed by atoms with Gasteiger partial charge in [-0.3, -0.25) is 0 Å². The highest BCUT2D eigenvalue weighted by Crippen LogP contribution is 2.36. The molecule has 20 heavy (non-hydrogen) atoms. The molecule has 0 bridgehead atoms. The molecule has 96 valence electrons. The van der Waals surface area contributed by atoms with Crippen molar-refractivity contribution < 1.29 is 0 Å². The van der Waals surface area contributed by atoms with E-state index < -0.39 is 0 Å². The number of hydrogen-bond donors (Lipinski definition) is 0. The van der Waals surface area contributed by atoms with Gasteiger partial charge in [0, 0.05) is 24.6 Å². The maximum atomic E-state index is 3.54. The molecule has 0 unspecified atom stereocenters. The molecule has 4 aromatic rings. The first-order chi connectivity index (χ1) is 9.81. The molecule has 0 saturated carbocycles. The molecule has 0 spiro atoms. The summed E-state index contributed by atoms with van der Waals surface area (Å²) in [6.07, 6.45) is 0. The minimum atomic E-state index is 1.12. The Labute approximate surface area is 129 Å². The molecule has 0 amide bonds. The van der Waals surface area contributed by atoms with Gasteiger partial charge >= 0.3 is 0 Å². The molecule has 1 heterocycles. The van der Waals surface area contributed by atoms with Crippen LogP contribution in [0.15, 0.2) is 71.2 Å². The lowest BCUT2D eigenvalue weighted by Gasteiger charge is -2.03. The standard InChI is InChI=1S/C18H11BrS/c19-14-5-3-4-12(10-14)13-8-9-18-16(11-13)15-6-1-2-7-17(15)20-18/h1-11H. The second kappa shape index (κ2) is 4.72. The highest BCUT2D eigenvalue weighted by molar-refractivity contribution is 9.10. The van der Waals surface area contributed by atoms with Gasteiger partial charge in [0.2, 0.25) is 0 Å². The Bertz CT molecular complexity index is 921. The molecule has 4 rings (SSSR count). The largest absolute Gasteiger partial charge is 0.135 e. The van der Waals surface area contributed by atoms with Crippen molar-refractivity contribution >= 4 is 47.4 Å². The fourth-order valence-electron chi connectivity index (χ4n) is 2.57. The van der Waals surface area contributed by atoms with Crippen molar-refractivity contribution in [2.45, 2.75) is 0 Å². The first-order valence-electron chi connectivity index (χ1n) is 6.48. The Morgan fingerprint density at radius 1 is 0.650 bits per heavy atom. The topological polar surface area (TPSA) is 0 Å². The smallest absolute Gasteiger partial charge is 0.0355 e. The van der Waals surface area contributed by atoms with E-state index in [-0.39, 0.29) is 0 Å². The maximum Gasteiger partial charge on any atom is 0.0355 e. The lowest BCUT2D eigenvalue weighted by atomic mass is 10.0. The van der Waals surface area contributed by atoms with E-state index in [1.165, 1.54) is 31.3 Å². The van der Waals surface area contributed by atoms with Crippen molar-refractivity contribution in [2.75, 3.05) is 0 Å². The van der Waals surface area contributed by atoms with Gasteiger partial charge in [0.25, 0.3) is 0 Å². The second-order valence-corrected chi connectivity index (χ2v) is 6.82. The summed E-state index contributed by atoms with van der Waals surface area (Å²) in [6, 6.07) is 23.8. The van der Waals surface area contributed by atoms with E-state index >= 15 is 0 Å². The number of fused-ring (bicyclic) bond motifs is 3. The Kier molecular flexibility index (Phi) is 2.86. The van der Waals surface area contributed by atoms with E-state index in [9.17, 15) is 0 Å². The number of rotatable bonds is 1. The summed E-state index contributed by atoms with van der Waals surface area (Å²) in [7, 11) is 0. The van der Waals surface area contributed by atoms with E-state index in [1.54, 1.807) is 0 Å². The predicted molar refractivity (Wildman–Crippen MR) is 92.5 cm³/mol. The van der Waals surface area contributed by atoms with Crippen molar-refractivity contribution in [1.29, 1.82) is 0 Å². The molecule has 2 heteroatoms. The highest BCUT2D eigenvalue weighted by Gasteiger charge is 2.06. The van der Waals surface area contributed by atoms with Crippen LogP contribution in [0.1, 0.15) is 0 Å². The van der Waals surface area contributed by atoms with Gasteiger partial charge in [-0.1, -0.05) is 52.3 Å². The van der Waals surface area contributed by atoms with Crippen LogP contribution >= 0.6 is 27.3 Å². The molecule has 1 aromatic heterocycles. The van der Waals surface area contributed by atoms with Crippen molar-refractivity contribution in [2.24, 2.45) is 0 Å². The lowest BCUT2D eigenvalue weighted by Crippen LogP contribution is -1.77. The van der Waals surface area contributed by atoms with Crippen LogP contribution in [0.2, 0.25) is 0 Å². The first kappa shape index (κ1) is 12.1. The Balaban J connectivity index is 2.00. The van der Waals surface area contributed by atoms with Crippen molar-refractivity contribution in [1.82, 2.24) is 0 Å². The summed E-state index contributed by atoms with van der Waals surface area (Å²) < 4.78 is 3.82. The highest BCUT2D eigenvalue weighted by atomic mass is 79.9. The third kappa shape index (κ3) is 1.96. The van der Waals surface area contributed by atoms with Crippen LogP contribution in [-0.4, -0.2) is 0 Å². The number of thiophene rings is 1. The first-order valence-corrected chi connectivity index (χ1v) is 8.09. The van der Waals surface area contributed by atoms with Crippen molar-refractivity contribution in [3.63, 3.8) is 0 Å². The number of benzene rings is 3.